The molecule has 0 aliphatic rings. The number of ether oxygens (including phenoxy) is 1. The van der Waals surface area contributed by atoms with Crippen LogP contribution < -0.4 is 4.74 Å². The second-order valence-electron chi connectivity index (χ2n) is 5.95. The molecule has 27 heavy (non-hydrogen) atoms. The summed E-state index contributed by atoms with van der Waals surface area (Å²) in [6.07, 6.45) is 0.198. The molecular weight excluding hydrogens is 387 g/mol. The molecule has 0 aliphatic carbocycles. The second-order valence-corrected chi connectivity index (χ2v) is 7.24. The molecule has 4 nitrogen and oxygen atoms in total. The largest absolute Gasteiger partial charge is 0.492 e. The van der Waals surface area contributed by atoms with Gasteiger partial charge in [-0.05, 0) is 36.4 Å². The zero-order valence-electron chi connectivity index (χ0n) is 14.7. The Hall–Kier alpha value is -2.44. The average Bonchev–Trinajstić information content (AvgIpc) is 3.12. The summed E-state index contributed by atoms with van der Waals surface area (Å²) in [7, 11) is 1.73. The van der Waals surface area contributed by atoms with Gasteiger partial charge < -0.3 is 9.64 Å². The van der Waals surface area contributed by atoms with Crippen LogP contribution in [0.5, 0.6) is 5.75 Å². The Labute approximate surface area is 166 Å². The Balaban J connectivity index is 1.50. The number of hydrogen-bond acceptors (Lipinski definition) is 4. The number of carbonyl (C=O) groups excluding carboxylic acids is 1. The summed E-state index contributed by atoms with van der Waals surface area (Å²) in [6.45, 7) is 0.845. The first-order valence-corrected chi connectivity index (χ1v) is 9.60. The Morgan fingerprint density at radius 2 is 2.04 bits per heavy atom. The molecule has 7 heteroatoms. The van der Waals surface area contributed by atoms with Crippen molar-refractivity contribution in [1.82, 2.24) is 9.88 Å². The number of halogens is 2. The Kier molecular flexibility index (Phi) is 6.42. The molecule has 0 unspecified atom stereocenters. The van der Waals surface area contributed by atoms with Gasteiger partial charge in [-0.15, -0.1) is 11.3 Å². The molecule has 3 aromatic rings. The highest BCUT2D eigenvalue weighted by Gasteiger charge is 2.13. The third-order valence-electron chi connectivity index (χ3n) is 3.89. The molecule has 0 radical (unpaired) electrons. The van der Waals surface area contributed by atoms with Crippen LogP contribution in [0.4, 0.5) is 4.39 Å². The molecule has 1 aromatic heterocycles. The molecule has 0 saturated heterocycles. The number of nitrogens with zero attached hydrogens (tertiary/aromatic N) is 2. The summed E-state index contributed by atoms with van der Waals surface area (Å²) in [5.74, 6) is 0.353. The first-order chi connectivity index (χ1) is 13.0. The van der Waals surface area contributed by atoms with Crippen molar-refractivity contribution >= 4 is 28.8 Å². The molecule has 1 amide bonds. The predicted molar refractivity (Wildman–Crippen MR) is 106 cm³/mol. The van der Waals surface area contributed by atoms with Crippen molar-refractivity contribution in [3.63, 3.8) is 0 Å². The van der Waals surface area contributed by atoms with Gasteiger partial charge in [0.15, 0.2) is 0 Å². The van der Waals surface area contributed by atoms with Crippen LogP contribution in [0.1, 0.15) is 5.69 Å². The van der Waals surface area contributed by atoms with Crippen LogP contribution in [-0.2, 0) is 11.2 Å². The van der Waals surface area contributed by atoms with Crippen molar-refractivity contribution in [3.05, 3.63) is 70.4 Å². The Bertz CT molecular complexity index is 914. The van der Waals surface area contributed by atoms with Crippen LogP contribution >= 0.6 is 22.9 Å². The van der Waals surface area contributed by atoms with Gasteiger partial charge in [-0.1, -0.05) is 23.7 Å². The van der Waals surface area contributed by atoms with E-state index in [1.807, 2.05) is 5.38 Å². The van der Waals surface area contributed by atoms with Crippen LogP contribution in [0, 0.1) is 5.82 Å². The van der Waals surface area contributed by atoms with E-state index in [1.165, 1.54) is 23.5 Å². The molecule has 0 aliphatic heterocycles. The van der Waals surface area contributed by atoms with Crippen LogP contribution in [0.2, 0.25) is 5.02 Å². The molecule has 0 fully saturated rings. The molecule has 0 atom stereocenters. The summed E-state index contributed by atoms with van der Waals surface area (Å²) in [5, 5.41) is 3.18. The van der Waals surface area contributed by atoms with E-state index < -0.39 is 0 Å². The topological polar surface area (TPSA) is 42.4 Å². The Morgan fingerprint density at radius 1 is 1.26 bits per heavy atom. The van der Waals surface area contributed by atoms with Gasteiger partial charge in [-0.3, -0.25) is 4.79 Å². The van der Waals surface area contributed by atoms with Crippen molar-refractivity contribution in [2.45, 2.75) is 6.42 Å². The number of rotatable bonds is 7. The highest BCUT2D eigenvalue weighted by atomic mass is 35.5. The lowest BCUT2D eigenvalue weighted by molar-refractivity contribution is -0.129. The van der Waals surface area contributed by atoms with Gasteiger partial charge in [0.2, 0.25) is 5.91 Å². The van der Waals surface area contributed by atoms with Crippen molar-refractivity contribution in [1.29, 1.82) is 0 Å². The minimum atomic E-state index is -0.305. The van der Waals surface area contributed by atoms with Crippen LogP contribution in [0.25, 0.3) is 10.6 Å². The quantitative estimate of drug-likeness (QED) is 0.574. The average molecular weight is 405 g/mol. The molecule has 0 spiro atoms. The zero-order valence-corrected chi connectivity index (χ0v) is 16.3. The number of benzene rings is 2. The fraction of sp³-hybridized carbons (Fsp3) is 0.200. The van der Waals surface area contributed by atoms with E-state index in [0.717, 1.165) is 0 Å². The first-order valence-electron chi connectivity index (χ1n) is 8.34. The minimum absolute atomic E-state index is 0.0502. The molecule has 0 N–H and O–H groups in total. The molecule has 140 valence electrons. The second kappa shape index (κ2) is 8.97. The SMILES string of the molecule is CN(CCOc1ccc(Cl)cc1)C(=O)Cc1csc(-c2cccc(F)c2)n1. The van der Waals surface area contributed by atoms with E-state index in [-0.39, 0.29) is 18.1 Å². The van der Waals surface area contributed by atoms with Gasteiger partial charge >= 0.3 is 0 Å². The number of thiazole rings is 1. The number of likely N-dealkylation sites (N-methyl/N-ethyl adjacent to an activating group) is 1. The molecule has 1 heterocycles. The third-order valence-corrected chi connectivity index (χ3v) is 5.08. The van der Waals surface area contributed by atoms with Gasteiger partial charge in [0.1, 0.15) is 23.2 Å². The molecular formula is C20H18ClFN2O2S. The maximum Gasteiger partial charge on any atom is 0.228 e. The van der Waals surface area contributed by atoms with E-state index in [1.54, 1.807) is 48.3 Å². The van der Waals surface area contributed by atoms with Gasteiger partial charge in [-0.2, -0.15) is 0 Å². The van der Waals surface area contributed by atoms with Gasteiger partial charge in [0, 0.05) is 23.0 Å². The molecule has 0 saturated carbocycles. The summed E-state index contributed by atoms with van der Waals surface area (Å²) in [6, 6.07) is 13.3. The summed E-state index contributed by atoms with van der Waals surface area (Å²) in [4.78, 5) is 18.4. The van der Waals surface area contributed by atoms with Crippen LogP contribution in [0.15, 0.2) is 53.9 Å². The highest BCUT2D eigenvalue weighted by molar-refractivity contribution is 7.13. The number of aromatic nitrogens is 1. The van der Waals surface area contributed by atoms with Crippen molar-refractivity contribution in [2.24, 2.45) is 0 Å². The monoisotopic (exact) mass is 404 g/mol. The molecule has 2 aromatic carbocycles. The highest BCUT2D eigenvalue weighted by Crippen LogP contribution is 2.24. The number of amides is 1. The van der Waals surface area contributed by atoms with Gasteiger partial charge in [-0.25, -0.2) is 9.37 Å². The summed E-state index contributed by atoms with van der Waals surface area (Å²) in [5.41, 5.74) is 1.39. The summed E-state index contributed by atoms with van der Waals surface area (Å²) < 4.78 is 18.9. The van der Waals surface area contributed by atoms with E-state index in [4.69, 9.17) is 16.3 Å². The lowest BCUT2D eigenvalue weighted by Crippen LogP contribution is -2.32. The standard InChI is InChI=1S/C20H18ClFN2O2S/c1-24(9-10-26-18-7-5-15(21)6-8-18)19(25)12-17-13-27-20(23-17)14-3-2-4-16(22)11-14/h2-8,11,13H,9-10,12H2,1H3. The maximum absolute atomic E-state index is 13.3. The Morgan fingerprint density at radius 3 is 2.78 bits per heavy atom. The molecule has 0 bridgehead atoms. The third kappa shape index (κ3) is 5.52. The number of hydrogen-bond donors (Lipinski definition) is 0. The molecule has 3 rings (SSSR count). The number of carbonyl (C=O) groups is 1. The predicted octanol–water partition coefficient (Wildman–Crippen LogP) is 4.68. The van der Waals surface area contributed by atoms with Crippen molar-refractivity contribution < 1.29 is 13.9 Å². The first kappa shape index (κ1) is 19.3. The fourth-order valence-electron chi connectivity index (χ4n) is 2.39. The maximum atomic E-state index is 13.3. The lowest BCUT2D eigenvalue weighted by Gasteiger charge is -2.17. The fourth-order valence-corrected chi connectivity index (χ4v) is 3.33. The van der Waals surface area contributed by atoms with Crippen LogP contribution in [0.3, 0.4) is 0 Å². The summed E-state index contributed by atoms with van der Waals surface area (Å²) >= 11 is 7.23. The lowest BCUT2D eigenvalue weighted by atomic mass is 10.2. The smallest absolute Gasteiger partial charge is 0.228 e. The van der Waals surface area contributed by atoms with E-state index in [0.29, 0.717) is 40.2 Å². The minimum Gasteiger partial charge on any atom is -0.492 e. The van der Waals surface area contributed by atoms with E-state index in [9.17, 15) is 9.18 Å². The normalized spacial score (nSPS) is 10.6. The van der Waals surface area contributed by atoms with Crippen LogP contribution in [-0.4, -0.2) is 36.0 Å². The zero-order chi connectivity index (χ0) is 19.2. The van der Waals surface area contributed by atoms with Gasteiger partial charge in [0.25, 0.3) is 0 Å². The van der Waals surface area contributed by atoms with Crippen molar-refractivity contribution in [2.75, 3.05) is 20.2 Å². The van der Waals surface area contributed by atoms with Gasteiger partial charge in [0.05, 0.1) is 18.7 Å². The van der Waals surface area contributed by atoms with E-state index in [2.05, 4.69) is 4.98 Å². The van der Waals surface area contributed by atoms with Crippen molar-refractivity contribution in [3.8, 4) is 16.3 Å². The van der Waals surface area contributed by atoms with E-state index >= 15 is 0 Å².